The van der Waals surface area contributed by atoms with Gasteiger partial charge in [-0.1, -0.05) is 24.3 Å². The Morgan fingerprint density at radius 1 is 1.03 bits per heavy atom. The number of nitrogens with two attached hydrogens (primary N) is 1. The smallest absolute Gasteiger partial charge is 0.225 e. The van der Waals surface area contributed by atoms with E-state index in [-0.39, 0.29) is 5.75 Å². The molecule has 0 amide bonds. The maximum atomic E-state index is 11.7. The van der Waals surface area contributed by atoms with Crippen molar-refractivity contribution in [1.29, 1.82) is 0 Å². The average molecular weight is 417 g/mol. The minimum Gasteiger partial charge on any atom is -0.493 e. The predicted octanol–water partition coefficient (Wildman–Crippen LogP) is 1.89. The molecule has 9 nitrogen and oxygen atoms in total. The van der Waals surface area contributed by atoms with Crippen LogP contribution in [0.25, 0.3) is 10.9 Å². The highest BCUT2D eigenvalue weighted by Crippen LogP contribution is 2.33. The minimum absolute atomic E-state index is 0.0849. The first-order valence-electron chi connectivity index (χ1n) is 8.77. The van der Waals surface area contributed by atoms with Gasteiger partial charge in [0.15, 0.2) is 11.5 Å². The van der Waals surface area contributed by atoms with Crippen LogP contribution in [0.5, 0.6) is 11.5 Å². The molecule has 0 radical (unpaired) electrons. The number of ether oxygens (including phenoxy) is 2. The van der Waals surface area contributed by atoms with Gasteiger partial charge in [-0.05, 0) is 24.2 Å². The lowest BCUT2D eigenvalue weighted by atomic mass is 10.1. The predicted molar refractivity (Wildman–Crippen MR) is 113 cm³/mol. The standard InChI is InChI=1S/C19H23N5O4S/c1-21-29(25,26)11-13-6-4-5-12(7-13)10-22-19-23-15-9-17(28-3)16(27-2)8-14(15)18(20)24-19/h4-9,21H,10-11H2,1-3H3,(H3,20,22,23,24). The molecule has 0 fully saturated rings. The molecule has 0 aliphatic heterocycles. The Balaban J connectivity index is 1.82. The average Bonchev–Trinajstić information content (AvgIpc) is 2.71. The number of anilines is 2. The number of aromatic nitrogens is 2. The number of sulfonamides is 1. The molecular formula is C19H23N5O4S. The number of nitrogens with one attached hydrogen (secondary N) is 2. The van der Waals surface area contributed by atoms with Crippen molar-refractivity contribution in [3.8, 4) is 11.5 Å². The monoisotopic (exact) mass is 417 g/mol. The highest BCUT2D eigenvalue weighted by molar-refractivity contribution is 7.88. The van der Waals surface area contributed by atoms with E-state index in [1.165, 1.54) is 7.05 Å². The summed E-state index contributed by atoms with van der Waals surface area (Å²) in [5, 5.41) is 3.78. The normalized spacial score (nSPS) is 11.4. The third-order valence-electron chi connectivity index (χ3n) is 4.34. The third-order valence-corrected chi connectivity index (χ3v) is 5.68. The van der Waals surface area contributed by atoms with Gasteiger partial charge in [0.25, 0.3) is 0 Å². The first-order valence-corrected chi connectivity index (χ1v) is 10.4. The van der Waals surface area contributed by atoms with Crippen LogP contribution >= 0.6 is 0 Å². The molecule has 1 aromatic heterocycles. The van der Waals surface area contributed by atoms with Crippen LogP contribution in [-0.4, -0.2) is 39.7 Å². The summed E-state index contributed by atoms with van der Waals surface area (Å²) in [5.41, 5.74) is 8.29. The van der Waals surface area contributed by atoms with Gasteiger partial charge in [0.05, 0.1) is 25.5 Å². The van der Waals surface area contributed by atoms with Gasteiger partial charge in [-0.2, -0.15) is 4.98 Å². The third kappa shape index (κ3) is 4.84. The molecular weight excluding hydrogens is 394 g/mol. The number of methoxy groups -OCH3 is 2. The van der Waals surface area contributed by atoms with Gasteiger partial charge in [-0.3, -0.25) is 0 Å². The first-order chi connectivity index (χ1) is 13.8. The SMILES string of the molecule is CNS(=O)(=O)Cc1cccc(CNc2nc(N)c3cc(OC)c(OC)cc3n2)c1. The lowest BCUT2D eigenvalue weighted by Gasteiger charge is -2.12. The molecule has 0 atom stereocenters. The largest absolute Gasteiger partial charge is 0.493 e. The van der Waals surface area contributed by atoms with Gasteiger partial charge in [-0.15, -0.1) is 0 Å². The fraction of sp³-hybridized carbons (Fsp3) is 0.263. The fourth-order valence-electron chi connectivity index (χ4n) is 2.86. The number of fused-ring (bicyclic) bond motifs is 1. The summed E-state index contributed by atoms with van der Waals surface area (Å²) in [7, 11) is 1.16. The zero-order valence-corrected chi connectivity index (χ0v) is 17.2. The van der Waals surface area contributed by atoms with Crippen molar-refractivity contribution in [3.05, 3.63) is 47.5 Å². The van der Waals surface area contributed by atoms with Crippen molar-refractivity contribution in [2.75, 3.05) is 32.3 Å². The van der Waals surface area contributed by atoms with Crippen molar-refractivity contribution >= 4 is 32.7 Å². The number of rotatable bonds is 8. The van der Waals surface area contributed by atoms with Gasteiger partial charge >= 0.3 is 0 Å². The minimum atomic E-state index is -3.33. The van der Waals surface area contributed by atoms with Crippen molar-refractivity contribution in [1.82, 2.24) is 14.7 Å². The number of benzene rings is 2. The zero-order chi connectivity index (χ0) is 21.0. The molecule has 0 saturated heterocycles. The fourth-order valence-corrected chi connectivity index (χ4v) is 3.62. The molecule has 0 aliphatic rings. The molecule has 29 heavy (non-hydrogen) atoms. The Morgan fingerprint density at radius 2 is 1.72 bits per heavy atom. The zero-order valence-electron chi connectivity index (χ0n) is 16.4. The second-order valence-electron chi connectivity index (χ2n) is 6.29. The summed E-state index contributed by atoms with van der Waals surface area (Å²) in [6.07, 6.45) is 0. The molecule has 10 heteroatoms. The van der Waals surface area contributed by atoms with E-state index in [9.17, 15) is 8.42 Å². The molecule has 0 saturated carbocycles. The van der Waals surface area contributed by atoms with Gasteiger partial charge in [0.1, 0.15) is 5.82 Å². The van der Waals surface area contributed by atoms with E-state index < -0.39 is 10.0 Å². The van der Waals surface area contributed by atoms with E-state index in [1.807, 2.05) is 18.2 Å². The molecule has 3 aromatic rings. The Labute approximate surface area is 169 Å². The number of hydrogen-bond acceptors (Lipinski definition) is 8. The van der Waals surface area contributed by atoms with E-state index >= 15 is 0 Å². The summed E-state index contributed by atoms with van der Waals surface area (Å²) in [6.45, 7) is 0.408. The van der Waals surface area contributed by atoms with Gasteiger partial charge in [-0.25, -0.2) is 18.1 Å². The van der Waals surface area contributed by atoms with Crippen LogP contribution in [0.1, 0.15) is 11.1 Å². The van der Waals surface area contributed by atoms with Gasteiger partial charge < -0.3 is 20.5 Å². The maximum absolute atomic E-state index is 11.7. The molecule has 0 spiro atoms. The second-order valence-corrected chi connectivity index (χ2v) is 8.22. The summed E-state index contributed by atoms with van der Waals surface area (Å²) in [4.78, 5) is 8.78. The van der Waals surface area contributed by atoms with Crippen LogP contribution in [0.15, 0.2) is 36.4 Å². The number of nitrogens with zero attached hydrogens (tertiary/aromatic N) is 2. The van der Waals surface area contributed by atoms with Gasteiger partial charge in [0, 0.05) is 18.0 Å². The Bertz CT molecular complexity index is 1130. The molecule has 2 aromatic carbocycles. The molecule has 3 rings (SSSR count). The molecule has 154 valence electrons. The van der Waals surface area contributed by atoms with E-state index in [4.69, 9.17) is 15.2 Å². The summed E-state index contributed by atoms with van der Waals surface area (Å²) >= 11 is 0. The summed E-state index contributed by atoms with van der Waals surface area (Å²) in [5.74, 6) is 1.67. The number of hydrogen-bond donors (Lipinski definition) is 3. The van der Waals surface area contributed by atoms with E-state index in [1.54, 1.807) is 32.4 Å². The highest BCUT2D eigenvalue weighted by Gasteiger charge is 2.12. The number of nitrogen functional groups attached to an aromatic ring is 1. The van der Waals surface area contributed by atoms with Crippen molar-refractivity contribution in [2.45, 2.75) is 12.3 Å². The van der Waals surface area contributed by atoms with Crippen LogP contribution in [-0.2, 0) is 22.3 Å². The first kappa shape index (κ1) is 20.6. The van der Waals surface area contributed by atoms with Crippen molar-refractivity contribution < 1.29 is 17.9 Å². The van der Waals surface area contributed by atoms with Crippen LogP contribution in [0.3, 0.4) is 0 Å². The summed E-state index contributed by atoms with van der Waals surface area (Å²) in [6, 6.07) is 10.8. The Hall–Kier alpha value is -3.11. The van der Waals surface area contributed by atoms with Crippen molar-refractivity contribution in [3.63, 3.8) is 0 Å². The van der Waals surface area contributed by atoms with E-state index in [0.717, 1.165) is 5.56 Å². The second kappa shape index (κ2) is 8.50. The Morgan fingerprint density at radius 3 is 2.41 bits per heavy atom. The van der Waals surface area contributed by atoms with E-state index in [0.29, 0.717) is 46.3 Å². The van der Waals surface area contributed by atoms with Crippen LogP contribution in [0, 0.1) is 0 Å². The topological polar surface area (TPSA) is 128 Å². The van der Waals surface area contributed by atoms with E-state index in [2.05, 4.69) is 20.0 Å². The molecule has 0 bridgehead atoms. The molecule has 1 heterocycles. The van der Waals surface area contributed by atoms with Crippen LogP contribution < -0.4 is 25.2 Å². The lowest BCUT2D eigenvalue weighted by molar-refractivity contribution is 0.356. The summed E-state index contributed by atoms with van der Waals surface area (Å²) < 4.78 is 36.4. The highest BCUT2D eigenvalue weighted by atomic mass is 32.2. The van der Waals surface area contributed by atoms with Crippen LogP contribution in [0.4, 0.5) is 11.8 Å². The van der Waals surface area contributed by atoms with Crippen LogP contribution in [0.2, 0.25) is 0 Å². The quantitative estimate of drug-likeness (QED) is 0.507. The molecule has 0 unspecified atom stereocenters. The molecule has 4 N–H and O–H groups in total. The maximum Gasteiger partial charge on any atom is 0.225 e. The molecule has 0 aliphatic carbocycles. The Kier molecular flexibility index (Phi) is 6.04. The lowest BCUT2D eigenvalue weighted by Crippen LogP contribution is -2.20. The van der Waals surface area contributed by atoms with Gasteiger partial charge in [0.2, 0.25) is 16.0 Å². The van der Waals surface area contributed by atoms with Crippen molar-refractivity contribution in [2.24, 2.45) is 0 Å².